The Kier molecular flexibility index (Phi) is 34.0. The largest absolute Gasteiger partial charge is 0.505 e. The number of aromatic amines is 1. The molecule has 1 radical (unpaired) electrons. The minimum absolute atomic E-state index is 0. The topological polar surface area (TPSA) is 197 Å². The number of hydrogen-bond donors (Lipinski definition) is 3. The summed E-state index contributed by atoms with van der Waals surface area (Å²) >= 11 is 20.5. The van der Waals surface area contributed by atoms with Crippen LogP contribution in [-0.2, 0) is 69.8 Å². The first-order valence-electron chi connectivity index (χ1n) is 31.9. The third-order valence-electron chi connectivity index (χ3n) is 15.1. The van der Waals surface area contributed by atoms with E-state index in [1.165, 1.54) is 28.5 Å². The van der Waals surface area contributed by atoms with Gasteiger partial charge in [0.2, 0.25) is 5.78 Å². The second-order valence-corrected chi connectivity index (χ2v) is 30.3. The molecule has 553 valence electrons. The minimum Gasteiger partial charge on any atom is -0.505 e. The zero-order chi connectivity index (χ0) is 73.4. The van der Waals surface area contributed by atoms with Gasteiger partial charge >= 0.3 is 5.97 Å². The minimum atomic E-state index is -3.40. The molecule has 3 heterocycles. The number of aliphatic hydroxyl groups is 1. The normalized spacial score (nSPS) is 11.4. The zero-order valence-corrected chi connectivity index (χ0v) is 69.5. The molecule has 107 heavy (non-hydrogen) atoms. The number of ether oxygens (including phenoxy) is 6. The number of aliphatic imine (C=N–C) groups is 1. The number of carboxylic acid groups (broad SMARTS) is 1. The standard InChI is InChI=1S/2C25H19Br2NO3.C21H16Br2O4.C11H11NO2S.CH4.CH3.Ir/c2*26-20-7-3-17(4-8-20)15-30-22-12-19(25(29)24-2-1-11-28-24)13-23(14-22)31-16-18-5-9-21(27)10-6-18;22-17-5-1-14(2-6-17)12-26-19-9-16(21(24)25)10-20(11-19)27-13-15-3-7-18(23)8-4-15;1-10-4-6-11(7-5-10)15(13,14)12-8-2-3-9-12;;;/h1-14,29H,15-16H2;1-14,28H,15-16H2;1-11H,12-13H2,(H,24,25);2-9H,1H3;1H4;1H3;/q;;;;;-1;. The Morgan fingerprint density at radius 1 is 0.430 bits per heavy atom. The van der Waals surface area contributed by atoms with Crippen molar-refractivity contribution in [3.05, 3.63) is 381 Å². The molecule has 0 atom stereocenters. The van der Waals surface area contributed by atoms with E-state index in [1.807, 2.05) is 165 Å². The number of ketones is 1. The zero-order valence-electron chi connectivity index (χ0n) is 56.8. The van der Waals surface area contributed by atoms with Crippen LogP contribution in [0.2, 0.25) is 0 Å². The summed E-state index contributed by atoms with van der Waals surface area (Å²) in [6, 6.07) is 76.3. The van der Waals surface area contributed by atoms with Crippen LogP contribution in [0.25, 0.3) is 5.76 Å². The van der Waals surface area contributed by atoms with E-state index in [2.05, 4.69) is 106 Å². The Bertz CT molecular complexity index is 4820. The molecule has 0 spiro atoms. The molecule has 10 aromatic carbocycles. The van der Waals surface area contributed by atoms with E-state index in [0.29, 0.717) is 102 Å². The van der Waals surface area contributed by atoms with Gasteiger partial charge in [0.1, 0.15) is 85.6 Å². The van der Waals surface area contributed by atoms with Crippen LogP contribution in [0.5, 0.6) is 34.5 Å². The SMILES string of the molecule is C.Cc1ccc(S(=O)(=O)n2cccc2)cc1.O=C(O)c1cc(OCc2ccc(Br)cc2)cc(OCc2ccc(Br)cc2)c1.O=C(c1cc(OCc2ccc(Br)cc2)cc(OCc2ccc(Br)cc2)c1)c1ccc[nH]1.OC(=C1C=CC=N1)c1cc(OCc2ccc(Br)cc2)cc(OCc2ccc(Br)cc2)c1.[CH3-].[Ir]. The Hall–Kier alpha value is -8.87. The average molecular weight is 2020 g/mol. The van der Waals surface area contributed by atoms with Crippen LogP contribution in [0.15, 0.2) is 322 Å². The fourth-order valence-electron chi connectivity index (χ4n) is 9.62. The van der Waals surface area contributed by atoms with E-state index >= 15 is 0 Å². The number of aromatic carboxylic acids is 1. The monoisotopic (exact) mass is 2010 g/mol. The van der Waals surface area contributed by atoms with Gasteiger partial charge in [-0.1, -0.05) is 193 Å². The number of halogens is 6. The number of nitrogens with one attached hydrogen (secondary N) is 1. The summed E-state index contributed by atoms with van der Waals surface area (Å²) in [6.45, 7) is 4.17. The molecule has 3 N–H and O–H groups in total. The fourth-order valence-corrected chi connectivity index (χ4v) is 12.4. The summed E-state index contributed by atoms with van der Waals surface area (Å²) in [5, 5.41) is 20.0. The summed E-state index contributed by atoms with van der Waals surface area (Å²) in [7, 11) is -3.40. The summed E-state index contributed by atoms with van der Waals surface area (Å²) in [4.78, 5) is 31.7. The molecule has 0 unspecified atom stereocenters. The van der Waals surface area contributed by atoms with Crippen molar-refractivity contribution in [1.82, 2.24) is 8.96 Å². The summed E-state index contributed by atoms with van der Waals surface area (Å²) in [5.41, 5.74) is 9.37. The molecular weight excluding hydrogens is 1950 g/mol. The number of hydrogen-bond acceptors (Lipinski definition) is 12. The van der Waals surface area contributed by atoms with Crippen LogP contribution < -0.4 is 28.4 Å². The van der Waals surface area contributed by atoms with Crippen molar-refractivity contribution in [3.63, 3.8) is 0 Å². The number of carbonyl (C=O) groups is 2. The second-order valence-electron chi connectivity index (χ2n) is 23.0. The predicted octanol–water partition coefficient (Wildman–Crippen LogP) is 23.4. The van der Waals surface area contributed by atoms with Crippen molar-refractivity contribution in [3.8, 4) is 34.5 Å². The van der Waals surface area contributed by atoms with Crippen molar-refractivity contribution < 1.29 is 76.7 Å². The average Bonchev–Trinajstić information content (AvgIpc) is 1.81. The van der Waals surface area contributed by atoms with Crippen LogP contribution in [-0.4, -0.2) is 45.6 Å². The number of H-pyrrole nitrogens is 1. The molecule has 0 saturated heterocycles. The molecule has 23 heteroatoms. The molecule has 0 saturated carbocycles. The van der Waals surface area contributed by atoms with E-state index in [0.717, 1.165) is 65.8 Å². The van der Waals surface area contributed by atoms with Crippen molar-refractivity contribution in [2.75, 3.05) is 0 Å². The van der Waals surface area contributed by atoms with Crippen molar-refractivity contribution >= 4 is 129 Å². The van der Waals surface area contributed by atoms with Crippen LogP contribution in [0, 0.1) is 14.4 Å². The number of rotatable bonds is 24. The number of carboxylic acids is 1. The number of aliphatic hydroxyl groups excluding tert-OH is 1. The van der Waals surface area contributed by atoms with Crippen LogP contribution >= 0.6 is 95.6 Å². The van der Waals surface area contributed by atoms with Crippen LogP contribution in [0.1, 0.15) is 78.3 Å². The molecule has 13 rings (SSSR count). The molecule has 0 fully saturated rings. The van der Waals surface area contributed by atoms with E-state index in [1.54, 1.807) is 103 Å². The Labute approximate surface area is 687 Å². The summed E-state index contributed by atoms with van der Waals surface area (Å²) in [5.74, 6) is 2.18. The maximum absolute atomic E-state index is 12.9. The van der Waals surface area contributed by atoms with Crippen molar-refractivity contribution in [2.45, 2.75) is 58.9 Å². The summed E-state index contributed by atoms with van der Waals surface area (Å²) < 4.78 is 66.7. The van der Waals surface area contributed by atoms with Gasteiger partial charge in [-0.05, 0) is 198 Å². The molecule has 0 amide bonds. The van der Waals surface area contributed by atoms with Crippen LogP contribution in [0.3, 0.4) is 0 Å². The molecule has 12 aromatic rings. The third-order valence-corrected chi connectivity index (χ3v) is 20.0. The van der Waals surface area contributed by atoms with Gasteiger partial charge in [-0.2, -0.15) is 0 Å². The maximum atomic E-state index is 12.9. The second kappa shape index (κ2) is 42.6. The molecular formula is C84H72Br6IrN3O12S-. The van der Waals surface area contributed by atoms with Gasteiger partial charge in [0.15, 0.2) is 0 Å². The molecule has 0 bridgehead atoms. The molecule has 1 aliphatic heterocycles. The first-order valence-corrected chi connectivity index (χ1v) is 38.1. The van der Waals surface area contributed by atoms with Gasteiger partial charge in [-0.3, -0.25) is 9.79 Å². The van der Waals surface area contributed by atoms with E-state index in [-0.39, 0.29) is 52.1 Å². The van der Waals surface area contributed by atoms with Crippen molar-refractivity contribution in [1.29, 1.82) is 0 Å². The van der Waals surface area contributed by atoms with Gasteiger partial charge in [-0.25, -0.2) is 17.2 Å². The van der Waals surface area contributed by atoms with Crippen LogP contribution in [0.4, 0.5) is 0 Å². The van der Waals surface area contributed by atoms with E-state index in [4.69, 9.17) is 28.4 Å². The molecule has 2 aromatic heterocycles. The quantitative estimate of drug-likeness (QED) is 0.0294. The number of benzene rings is 10. The van der Waals surface area contributed by atoms with Gasteiger partial charge in [-0.15, -0.1) is 0 Å². The van der Waals surface area contributed by atoms with Gasteiger partial charge in [0.25, 0.3) is 10.0 Å². The molecule has 1 aliphatic rings. The Morgan fingerprint density at radius 3 is 1.02 bits per heavy atom. The first-order chi connectivity index (χ1) is 50.2. The van der Waals surface area contributed by atoms with Gasteiger partial charge in [0.05, 0.1) is 16.2 Å². The molecule has 0 aliphatic carbocycles. The number of nitrogens with zero attached hydrogens (tertiary/aromatic N) is 2. The van der Waals surface area contributed by atoms with E-state index < -0.39 is 16.0 Å². The molecule has 15 nitrogen and oxygen atoms in total. The predicted molar refractivity (Wildman–Crippen MR) is 440 cm³/mol. The Morgan fingerprint density at radius 2 is 0.738 bits per heavy atom. The van der Waals surface area contributed by atoms with Gasteiger partial charge in [0, 0.05) is 101 Å². The smallest absolute Gasteiger partial charge is 0.335 e. The number of allylic oxidation sites excluding steroid dienone is 2. The number of aryl methyl sites for hydroxylation is 1. The van der Waals surface area contributed by atoms with E-state index in [9.17, 15) is 28.2 Å². The third kappa shape index (κ3) is 27.1. The van der Waals surface area contributed by atoms with Crippen molar-refractivity contribution in [2.24, 2.45) is 4.99 Å². The maximum Gasteiger partial charge on any atom is 0.335 e. The fraction of sp³-hybridized carbons (Fsp3) is 0.0952. The Balaban J connectivity index is 0.000000202. The van der Waals surface area contributed by atoms with Gasteiger partial charge < -0.3 is 51.0 Å². The summed E-state index contributed by atoms with van der Waals surface area (Å²) in [6.07, 6.45) is 9.96. The number of aromatic nitrogens is 2. The number of carbonyl (C=O) groups excluding carboxylic acids is 1. The first kappa shape index (κ1) is 85.4.